The van der Waals surface area contributed by atoms with Gasteiger partial charge in [0.15, 0.2) is 11.6 Å². The van der Waals surface area contributed by atoms with Crippen molar-refractivity contribution in [1.29, 1.82) is 0 Å². The van der Waals surface area contributed by atoms with Crippen LogP contribution in [-0.4, -0.2) is 5.11 Å². The molecule has 106 valence electrons. The number of halogens is 3. The van der Waals surface area contributed by atoms with Crippen molar-refractivity contribution in [1.82, 2.24) is 0 Å². The molecule has 0 amide bonds. The molecular weight excluding hydrogens is 330 g/mol. The van der Waals surface area contributed by atoms with Gasteiger partial charge in [-0.15, -0.1) is 0 Å². The van der Waals surface area contributed by atoms with E-state index in [4.69, 9.17) is 4.74 Å². The molecule has 0 saturated heterocycles. The van der Waals surface area contributed by atoms with E-state index in [-0.39, 0.29) is 18.8 Å². The van der Waals surface area contributed by atoms with Crippen LogP contribution in [0.2, 0.25) is 0 Å². The number of rotatable bonds is 4. The minimum atomic E-state index is -0.909. The van der Waals surface area contributed by atoms with Gasteiger partial charge in [-0.05, 0) is 30.7 Å². The standard InChI is InChI=1S/C15H13BrF2O2/c1-9-5-12(16)6-11(7-19)15(9)20-8-10-3-2-4-13(17)14(10)18/h2-6,19H,7-8H2,1H3. The summed E-state index contributed by atoms with van der Waals surface area (Å²) in [5, 5.41) is 9.33. The van der Waals surface area contributed by atoms with Gasteiger partial charge >= 0.3 is 0 Å². The highest BCUT2D eigenvalue weighted by molar-refractivity contribution is 9.10. The van der Waals surface area contributed by atoms with Gasteiger partial charge in [0, 0.05) is 15.6 Å². The summed E-state index contributed by atoms with van der Waals surface area (Å²) in [6.07, 6.45) is 0. The van der Waals surface area contributed by atoms with E-state index in [9.17, 15) is 13.9 Å². The van der Waals surface area contributed by atoms with E-state index in [0.29, 0.717) is 11.3 Å². The zero-order valence-electron chi connectivity index (χ0n) is 10.8. The van der Waals surface area contributed by atoms with Crippen LogP contribution in [0.1, 0.15) is 16.7 Å². The molecular formula is C15H13BrF2O2. The Bertz CT molecular complexity index is 630. The molecule has 5 heteroatoms. The van der Waals surface area contributed by atoms with Crippen LogP contribution in [0, 0.1) is 18.6 Å². The van der Waals surface area contributed by atoms with Gasteiger partial charge in [-0.3, -0.25) is 0 Å². The van der Waals surface area contributed by atoms with Gasteiger partial charge in [0.2, 0.25) is 0 Å². The largest absolute Gasteiger partial charge is 0.488 e. The average molecular weight is 343 g/mol. The topological polar surface area (TPSA) is 29.5 Å². The number of hydrogen-bond acceptors (Lipinski definition) is 2. The number of aliphatic hydroxyl groups excluding tert-OH is 1. The molecule has 0 unspecified atom stereocenters. The Hall–Kier alpha value is -1.46. The Morgan fingerprint density at radius 3 is 2.65 bits per heavy atom. The summed E-state index contributed by atoms with van der Waals surface area (Å²) >= 11 is 3.33. The molecule has 2 nitrogen and oxygen atoms in total. The van der Waals surface area contributed by atoms with Crippen LogP contribution < -0.4 is 4.74 Å². The zero-order chi connectivity index (χ0) is 14.7. The lowest BCUT2D eigenvalue weighted by Gasteiger charge is -2.14. The highest BCUT2D eigenvalue weighted by Crippen LogP contribution is 2.29. The van der Waals surface area contributed by atoms with Crippen molar-refractivity contribution in [3.8, 4) is 5.75 Å². The zero-order valence-corrected chi connectivity index (χ0v) is 12.4. The minimum Gasteiger partial charge on any atom is -0.488 e. The SMILES string of the molecule is Cc1cc(Br)cc(CO)c1OCc1cccc(F)c1F. The minimum absolute atomic E-state index is 0.0981. The fourth-order valence-electron chi connectivity index (χ4n) is 1.93. The quantitative estimate of drug-likeness (QED) is 0.906. The molecule has 20 heavy (non-hydrogen) atoms. The summed E-state index contributed by atoms with van der Waals surface area (Å²) in [6, 6.07) is 7.51. The van der Waals surface area contributed by atoms with Gasteiger partial charge in [-0.1, -0.05) is 28.1 Å². The van der Waals surface area contributed by atoms with Crippen LogP contribution in [0.25, 0.3) is 0 Å². The molecule has 0 aliphatic carbocycles. The lowest BCUT2D eigenvalue weighted by atomic mass is 10.1. The van der Waals surface area contributed by atoms with Gasteiger partial charge in [-0.25, -0.2) is 8.78 Å². The lowest BCUT2D eigenvalue weighted by molar-refractivity contribution is 0.255. The molecule has 0 saturated carbocycles. The van der Waals surface area contributed by atoms with Crippen LogP contribution in [0.5, 0.6) is 5.75 Å². The molecule has 0 spiro atoms. The van der Waals surface area contributed by atoms with Crippen LogP contribution >= 0.6 is 15.9 Å². The molecule has 2 aromatic carbocycles. The van der Waals surface area contributed by atoms with Crippen molar-refractivity contribution in [2.24, 2.45) is 0 Å². The van der Waals surface area contributed by atoms with E-state index in [2.05, 4.69) is 15.9 Å². The van der Waals surface area contributed by atoms with Gasteiger partial charge in [0.25, 0.3) is 0 Å². The predicted molar refractivity (Wildman–Crippen MR) is 75.5 cm³/mol. The van der Waals surface area contributed by atoms with Crippen molar-refractivity contribution < 1.29 is 18.6 Å². The molecule has 2 aromatic rings. The highest BCUT2D eigenvalue weighted by Gasteiger charge is 2.12. The first-order valence-electron chi connectivity index (χ1n) is 5.98. The second kappa shape index (κ2) is 6.33. The molecule has 0 aliphatic rings. The van der Waals surface area contributed by atoms with Crippen molar-refractivity contribution in [2.45, 2.75) is 20.1 Å². The molecule has 0 aromatic heterocycles. The maximum Gasteiger partial charge on any atom is 0.165 e. The van der Waals surface area contributed by atoms with Crippen molar-refractivity contribution >= 4 is 15.9 Å². The Morgan fingerprint density at radius 2 is 1.95 bits per heavy atom. The third-order valence-corrected chi connectivity index (χ3v) is 3.35. The second-order valence-corrected chi connectivity index (χ2v) is 5.29. The van der Waals surface area contributed by atoms with Gasteiger partial charge in [0.1, 0.15) is 12.4 Å². The highest BCUT2D eigenvalue weighted by atomic mass is 79.9. The van der Waals surface area contributed by atoms with E-state index < -0.39 is 11.6 Å². The molecule has 0 bridgehead atoms. The monoisotopic (exact) mass is 342 g/mol. The van der Waals surface area contributed by atoms with Gasteiger partial charge in [0.05, 0.1) is 6.61 Å². The fourth-order valence-corrected chi connectivity index (χ4v) is 2.55. The van der Waals surface area contributed by atoms with Crippen LogP contribution in [0.4, 0.5) is 8.78 Å². The predicted octanol–water partition coefficient (Wildman–Crippen LogP) is 4.11. The Kier molecular flexibility index (Phi) is 4.73. The van der Waals surface area contributed by atoms with Crippen LogP contribution in [0.15, 0.2) is 34.8 Å². The average Bonchev–Trinajstić information content (AvgIpc) is 2.41. The molecule has 0 atom stereocenters. The number of ether oxygens (including phenoxy) is 1. The smallest absolute Gasteiger partial charge is 0.165 e. The van der Waals surface area contributed by atoms with E-state index in [1.807, 2.05) is 13.0 Å². The van der Waals surface area contributed by atoms with Crippen LogP contribution in [0.3, 0.4) is 0 Å². The molecule has 2 rings (SSSR count). The maximum absolute atomic E-state index is 13.5. The summed E-state index contributed by atoms with van der Waals surface area (Å²) in [4.78, 5) is 0. The first-order valence-corrected chi connectivity index (χ1v) is 6.77. The summed E-state index contributed by atoms with van der Waals surface area (Å²) in [5.74, 6) is -1.33. The van der Waals surface area contributed by atoms with Crippen molar-refractivity contribution in [2.75, 3.05) is 0 Å². The maximum atomic E-state index is 13.5. The van der Waals surface area contributed by atoms with Crippen molar-refractivity contribution in [3.63, 3.8) is 0 Å². The normalized spacial score (nSPS) is 10.7. The molecule has 0 fully saturated rings. The number of hydrogen-bond donors (Lipinski definition) is 1. The Balaban J connectivity index is 2.25. The van der Waals surface area contributed by atoms with Gasteiger partial charge in [-0.2, -0.15) is 0 Å². The molecule has 0 radical (unpaired) electrons. The lowest BCUT2D eigenvalue weighted by Crippen LogP contribution is -2.04. The first kappa shape index (κ1) is 14.9. The fraction of sp³-hybridized carbons (Fsp3) is 0.200. The summed E-state index contributed by atoms with van der Waals surface area (Å²) in [6.45, 7) is 1.53. The summed E-state index contributed by atoms with van der Waals surface area (Å²) in [5.41, 5.74) is 1.53. The van der Waals surface area contributed by atoms with Crippen LogP contribution in [-0.2, 0) is 13.2 Å². The van der Waals surface area contributed by atoms with Gasteiger partial charge < -0.3 is 9.84 Å². The molecule has 0 heterocycles. The summed E-state index contributed by atoms with van der Waals surface area (Å²) < 4.78 is 33.0. The second-order valence-electron chi connectivity index (χ2n) is 4.37. The third kappa shape index (κ3) is 3.16. The number of aliphatic hydroxyl groups is 1. The first-order chi connectivity index (χ1) is 9.52. The van der Waals surface area contributed by atoms with E-state index in [1.165, 1.54) is 12.1 Å². The van der Waals surface area contributed by atoms with E-state index in [1.54, 1.807) is 6.07 Å². The summed E-state index contributed by atoms with van der Waals surface area (Å²) in [7, 11) is 0. The Labute approximate surface area is 124 Å². The molecule has 0 aliphatic heterocycles. The Morgan fingerprint density at radius 1 is 1.20 bits per heavy atom. The van der Waals surface area contributed by atoms with E-state index >= 15 is 0 Å². The number of aryl methyl sites for hydroxylation is 1. The third-order valence-electron chi connectivity index (χ3n) is 2.89. The van der Waals surface area contributed by atoms with Crippen molar-refractivity contribution in [3.05, 3.63) is 63.1 Å². The molecule has 1 N–H and O–H groups in total. The van der Waals surface area contributed by atoms with E-state index in [0.717, 1.165) is 16.1 Å². The number of benzene rings is 2.